The van der Waals surface area contributed by atoms with Crippen molar-refractivity contribution in [2.45, 2.75) is 19.0 Å². The van der Waals surface area contributed by atoms with Crippen LogP contribution in [0.2, 0.25) is 0 Å². The molecule has 2 atom stereocenters. The van der Waals surface area contributed by atoms with E-state index in [1.165, 1.54) is 5.56 Å². The molecule has 1 aliphatic rings. The second-order valence-corrected chi connectivity index (χ2v) is 7.30. The summed E-state index contributed by atoms with van der Waals surface area (Å²) in [5.41, 5.74) is 4.31. The molecule has 1 saturated heterocycles. The van der Waals surface area contributed by atoms with E-state index in [-0.39, 0.29) is 12.1 Å². The number of hydrogen-bond acceptors (Lipinski definition) is 2. The summed E-state index contributed by atoms with van der Waals surface area (Å²) in [6.45, 7) is 2.08. The van der Waals surface area contributed by atoms with E-state index >= 15 is 0 Å². The van der Waals surface area contributed by atoms with Crippen LogP contribution in [0.4, 0.5) is 5.69 Å². The van der Waals surface area contributed by atoms with Gasteiger partial charge < -0.3 is 15.2 Å². The Morgan fingerprint density at radius 2 is 2.04 bits per heavy atom. The molecular weight excluding hydrogens is 396 g/mol. The first kappa shape index (κ1) is 16.3. The van der Waals surface area contributed by atoms with Crippen LogP contribution in [0, 0.1) is 6.92 Å². The lowest BCUT2D eigenvalue weighted by molar-refractivity contribution is 0.558. The zero-order valence-electron chi connectivity index (χ0n) is 13.6. The minimum Gasteiger partial charge on any atom is -0.363 e. The number of benzene rings is 1. The highest BCUT2D eigenvalue weighted by Crippen LogP contribution is 2.41. The van der Waals surface area contributed by atoms with Crippen molar-refractivity contribution >= 4 is 38.9 Å². The lowest BCUT2D eigenvalue weighted by Crippen LogP contribution is -2.29. The van der Waals surface area contributed by atoms with E-state index in [9.17, 15) is 0 Å². The van der Waals surface area contributed by atoms with E-state index < -0.39 is 0 Å². The van der Waals surface area contributed by atoms with Gasteiger partial charge in [-0.2, -0.15) is 0 Å². The largest absolute Gasteiger partial charge is 0.363 e. The molecule has 0 aliphatic carbocycles. The van der Waals surface area contributed by atoms with E-state index in [2.05, 4.69) is 67.3 Å². The van der Waals surface area contributed by atoms with Crippen molar-refractivity contribution in [3.63, 3.8) is 0 Å². The third kappa shape index (κ3) is 2.96. The molecule has 0 bridgehead atoms. The Balaban J connectivity index is 1.82. The van der Waals surface area contributed by atoms with Crippen LogP contribution in [0.3, 0.4) is 0 Å². The maximum absolute atomic E-state index is 5.69. The van der Waals surface area contributed by atoms with Gasteiger partial charge >= 0.3 is 0 Å². The molecule has 25 heavy (non-hydrogen) atoms. The van der Waals surface area contributed by atoms with Gasteiger partial charge in [-0.25, -0.2) is 0 Å². The van der Waals surface area contributed by atoms with Gasteiger partial charge in [0.1, 0.15) is 6.04 Å². The lowest BCUT2D eigenvalue weighted by Gasteiger charge is -2.27. The van der Waals surface area contributed by atoms with Gasteiger partial charge in [0, 0.05) is 28.2 Å². The van der Waals surface area contributed by atoms with Gasteiger partial charge in [-0.15, -0.1) is 0 Å². The molecule has 2 N–H and O–H groups in total. The van der Waals surface area contributed by atoms with Gasteiger partial charge in [-0.3, -0.25) is 4.98 Å². The summed E-state index contributed by atoms with van der Waals surface area (Å²) >= 11 is 9.26. The highest BCUT2D eigenvalue weighted by Gasteiger charge is 2.41. The zero-order valence-corrected chi connectivity index (χ0v) is 16.0. The average molecular weight is 413 g/mol. The number of pyridine rings is 1. The maximum Gasteiger partial charge on any atom is 0.174 e. The molecule has 0 radical (unpaired) electrons. The summed E-state index contributed by atoms with van der Waals surface area (Å²) < 4.78 is 1.09. The van der Waals surface area contributed by atoms with Crippen molar-refractivity contribution in [3.8, 4) is 0 Å². The third-order valence-electron chi connectivity index (χ3n) is 4.46. The summed E-state index contributed by atoms with van der Waals surface area (Å²) in [5, 5.41) is 4.16. The molecule has 6 heteroatoms. The smallest absolute Gasteiger partial charge is 0.174 e. The Hall–Kier alpha value is -2.18. The molecule has 1 aliphatic heterocycles. The predicted octanol–water partition coefficient (Wildman–Crippen LogP) is 4.66. The number of thiocarbonyl (C=S) groups is 1. The fourth-order valence-corrected chi connectivity index (χ4v) is 3.85. The summed E-state index contributed by atoms with van der Waals surface area (Å²) in [5.74, 6) is 0. The fourth-order valence-electron chi connectivity index (χ4n) is 3.26. The van der Waals surface area contributed by atoms with Crippen molar-refractivity contribution in [2.24, 2.45) is 0 Å². The molecular formula is C19H17BrN4S. The Labute approximate surface area is 160 Å². The van der Waals surface area contributed by atoms with E-state index in [4.69, 9.17) is 12.2 Å². The topological polar surface area (TPSA) is 44.0 Å². The number of H-pyrrole nitrogens is 1. The van der Waals surface area contributed by atoms with Gasteiger partial charge in [0.2, 0.25) is 0 Å². The third-order valence-corrected chi connectivity index (χ3v) is 5.66. The maximum atomic E-state index is 5.69. The summed E-state index contributed by atoms with van der Waals surface area (Å²) in [7, 11) is 0. The van der Waals surface area contributed by atoms with E-state index in [0.29, 0.717) is 5.11 Å². The minimum atomic E-state index is -0.0173. The molecule has 4 rings (SSSR count). The monoisotopic (exact) mass is 412 g/mol. The van der Waals surface area contributed by atoms with Crippen LogP contribution >= 0.6 is 28.1 Å². The second kappa shape index (κ2) is 6.61. The number of halogens is 1. The van der Waals surface area contributed by atoms with Crippen LogP contribution in [0.5, 0.6) is 0 Å². The molecule has 1 aromatic carbocycles. The Bertz CT molecular complexity index is 895. The number of nitrogens with one attached hydrogen (secondary N) is 2. The SMILES string of the molecule is Cc1cc(N2C(=S)N[C@H](c3ccccn3)[C@H]2c2ccc[nH]2)ccc1Br. The molecule has 1 fully saturated rings. The second-order valence-electron chi connectivity index (χ2n) is 6.06. The Morgan fingerprint density at radius 1 is 1.16 bits per heavy atom. The van der Waals surface area contributed by atoms with E-state index in [0.717, 1.165) is 21.5 Å². The highest BCUT2D eigenvalue weighted by molar-refractivity contribution is 9.10. The van der Waals surface area contributed by atoms with Crippen LogP contribution in [0.25, 0.3) is 0 Å². The summed E-state index contributed by atoms with van der Waals surface area (Å²) in [6, 6.07) is 16.4. The quantitative estimate of drug-likeness (QED) is 0.614. The Morgan fingerprint density at radius 3 is 2.72 bits per heavy atom. The number of aromatic amines is 1. The summed E-state index contributed by atoms with van der Waals surface area (Å²) in [6.07, 6.45) is 3.76. The summed E-state index contributed by atoms with van der Waals surface area (Å²) in [4.78, 5) is 10.1. The van der Waals surface area contributed by atoms with Crippen LogP contribution in [-0.4, -0.2) is 15.1 Å². The minimum absolute atomic E-state index is 0.0120. The molecule has 0 unspecified atom stereocenters. The van der Waals surface area contributed by atoms with Crippen LogP contribution < -0.4 is 10.2 Å². The number of aryl methyl sites for hydroxylation is 1. The van der Waals surface area contributed by atoms with E-state index in [1.54, 1.807) is 0 Å². The van der Waals surface area contributed by atoms with Crippen molar-refractivity contribution in [1.29, 1.82) is 0 Å². The fraction of sp³-hybridized carbons (Fsp3) is 0.158. The highest BCUT2D eigenvalue weighted by atomic mass is 79.9. The number of rotatable bonds is 3. The number of nitrogens with zero attached hydrogens (tertiary/aromatic N) is 2. The predicted molar refractivity (Wildman–Crippen MR) is 108 cm³/mol. The van der Waals surface area contributed by atoms with Crippen molar-refractivity contribution in [3.05, 3.63) is 82.3 Å². The normalized spacial score (nSPS) is 19.9. The number of anilines is 1. The van der Waals surface area contributed by atoms with Crippen LogP contribution in [-0.2, 0) is 0 Å². The zero-order chi connectivity index (χ0) is 17.4. The first-order chi connectivity index (χ1) is 12.1. The molecule has 3 heterocycles. The number of hydrogen-bond donors (Lipinski definition) is 2. The van der Waals surface area contributed by atoms with Crippen LogP contribution in [0.15, 0.2) is 65.4 Å². The molecule has 4 nitrogen and oxygen atoms in total. The molecule has 0 saturated carbocycles. The first-order valence-corrected chi connectivity index (χ1v) is 9.25. The van der Waals surface area contributed by atoms with Gasteiger partial charge in [-0.05, 0) is 67.2 Å². The average Bonchev–Trinajstić information content (AvgIpc) is 3.25. The van der Waals surface area contributed by atoms with Gasteiger partial charge in [0.25, 0.3) is 0 Å². The van der Waals surface area contributed by atoms with Gasteiger partial charge in [0.05, 0.1) is 11.7 Å². The first-order valence-electron chi connectivity index (χ1n) is 8.05. The van der Waals surface area contributed by atoms with Crippen LogP contribution in [0.1, 0.15) is 29.0 Å². The Kier molecular flexibility index (Phi) is 4.31. The van der Waals surface area contributed by atoms with Crippen molar-refractivity contribution in [1.82, 2.24) is 15.3 Å². The van der Waals surface area contributed by atoms with Gasteiger partial charge in [0.15, 0.2) is 5.11 Å². The van der Waals surface area contributed by atoms with Crippen molar-refractivity contribution in [2.75, 3.05) is 4.90 Å². The standard InChI is InChI=1S/C19H17BrN4S/c1-12-11-13(7-8-14(12)20)24-18(16-6-4-10-22-16)17(23-19(24)25)15-5-2-3-9-21-15/h2-11,17-18,22H,1H3,(H,23,25)/t17-,18-/m1/s1. The number of aromatic nitrogens is 2. The van der Waals surface area contributed by atoms with Gasteiger partial charge in [-0.1, -0.05) is 22.0 Å². The molecule has 0 spiro atoms. The van der Waals surface area contributed by atoms with E-state index in [1.807, 2.05) is 36.7 Å². The van der Waals surface area contributed by atoms with Crippen molar-refractivity contribution < 1.29 is 0 Å². The molecule has 2 aromatic heterocycles. The lowest BCUT2D eigenvalue weighted by atomic mass is 10.0. The molecule has 3 aromatic rings. The molecule has 0 amide bonds. The molecule has 126 valence electrons.